The average molecular weight is 252 g/mol. The van der Waals surface area contributed by atoms with E-state index >= 15 is 0 Å². The Labute approximate surface area is 104 Å². The Bertz CT molecular complexity index is 497. The van der Waals surface area contributed by atoms with Crippen molar-refractivity contribution in [3.63, 3.8) is 0 Å². The number of aromatic nitrogens is 3. The molecule has 2 aromatic heterocycles. The number of aryl methyl sites for hydroxylation is 1. The van der Waals surface area contributed by atoms with E-state index in [1.807, 2.05) is 6.92 Å². The molecule has 0 radical (unpaired) electrons. The number of fused-ring (bicyclic) bond motifs is 1. The Morgan fingerprint density at radius 1 is 1.59 bits per heavy atom. The summed E-state index contributed by atoms with van der Waals surface area (Å²) in [5.41, 5.74) is 0.438. The van der Waals surface area contributed by atoms with E-state index in [0.717, 1.165) is 16.4 Å². The van der Waals surface area contributed by atoms with Gasteiger partial charge in [-0.3, -0.25) is 4.79 Å². The smallest absolute Gasteiger partial charge is 0.271 e. The normalized spacial score (nSPS) is 11.3. The molecule has 6 heteroatoms. The van der Waals surface area contributed by atoms with E-state index in [1.54, 1.807) is 10.7 Å². The second-order valence-electron chi connectivity index (χ2n) is 4.41. The molecule has 0 fully saturated rings. The van der Waals surface area contributed by atoms with Gasteiger partial charge in [-0.05, 0) is 19.3 Å². The molecule has 0 saturated heterocycles. The number of nitrogens with zero attached hydrogens (tertiary/aromatic N) is 3. The van der Waals surface area contributed by atoms with Crippen molar-refractivity contribution in [3.8, 4) is 0 Å². The minimum atomic E-state index is -0.124. The molecule has 2 heterocycles. The highest BCUT2D eigenvalue weighted by Gasteiger charge is 2.12. The van der Waals surface area contributed by atoms with Crippen LogP contribution in [0.2, 0.25) is 0 Å². The lowest BCUT2D eigenvalue weighted by molar-refractivity contribution is 0.0947. The van der Waals surface area contributed by atoms with Crippen LogP contribution in [0.25, 0.3) is 4.96 Å². The van der Waals surface area contributed by atoms with Crippen LogP contribution in [0.1, 0.15) is 35.8 Å². The number of hydrogen-bond donors (Lipinski definition) is 1. The van der Waals surface area contributed by atoms with E-state index in [0.29, 0.717) is 18.2 Å². The Kier molecular flexibility index (Phi) is 3.42. The van der Waals surface area contributed by atoms with Gasteiger partial charge in [0.05, 0.1) is 6.20 Å². The van der Waals surface area contributed by atoms with Crippen molar-refractivity contribution in [3.05, 3.63) is 16.9 Å². The number of imidazole rings is 1. The number of hydrogen-bond acceptors (Lipinski definition) is 4. The lowest BCUT2D eigenvalue weighted by Crippen LogP contribution is -2.25. The molecule has 2 rings (SSSR count). The quantitative estimate of drug-likeness (QED) is 0.903. The van der Waals surface area contributed by atoms with Gasteiger partial charge in [-0.25, -0.2) is 9.50 Å². The van der Waals surface area contributed by atoms with Crippen molar-refractivity contribution in [1.82, 2.24) is 19.9 Å². The van der Waals surface area contributed by atoms with Crippen LogP contribution in [0.3, 0.4) is 0 Å². The summed E-state index contributed by atoms with van der Waals surface area (Å²) in [7, 11) is 0. The van der Waals surface area contributed by atoms with Crippen LogP contribution in [0.4, 0.5) is 0 Å². The third-order valence-corrected chi connectivity index (χ3v) is 3.22. The van der Waals surface area contributed by atoms with Crippen LogP contribution < -0.4 is 5.32 Å². The summed E-state index contributed by atoms with van der Waals surface area (Å²) < 4.78 is 1.65. The molecular formula is C11H16N4OS. The molecule has 0 saturated carbocycles. The Hall–Kier alpha value is -1.43. The van der Waals surface area contributed by atoms with Gasteiger partial charge in [0, 0.05) is 6.54 Å². The second-order valence-corrected chi connectivity index (χ2v) is 5.57. The van der Waals surface area contributed by atoms with Crippen LogP contribution in [0, 0.1) is 12.8 Å². The van der Waals surface area contributed by atoms with Gasteiger partial charge in [-0.15, -0.1) is 0 Å². The van der Waals surface area contributed by atoms with Gasteiger partial charge in [0.15, 0.2) is 0 Å². The maximum Gasteiger partial charge on any atom is 0.271 e. The predicted octanol–water partition coefficient (Wildman–Crippen LogP) is 1.88. The molecule has 1 N–H and O–H groups in total. The highest BCUT2D eigenvalue weighted by molar-refractivity contribution is 7.16. The Balaban J connectivity index is 2.01. The Morgan fingerprint density at radius 3 is 3.00 bits per heavy atom. The van der Waals surface area contributed by atoms with Crippen molar-refractivity contribution in [2.75, 3.05) is 6.54 Å². The molecule has 0 aliphatic rings. The van der Waals surface area contributed by atoms with E-state index in [4.69, 9.17) is 0 Å². The summed E-state index contributed by atoms with van der Waals surface area (Å²) >= 11 is 1.48. The molecule has 92 valence electrons. The van der Waals surface area contributed by atoms with Gasteiger partial charge in [0.1, 0.15) is 10.7 Å². The summed E-state index contributed by atoms with van der Waals surface area (Å²) in [6, 6.07) is 0. The Morgan fingerprint density at radius 2 is 2.35 bits per heavy atom. The maximum absolute atomic E-state index is 11.8. The van der Waals surface area contributed by atoms with Crippen molar-refractivity contribution in [2.24, 2.45) is 5.92 Å². The molecule has 0 aliphatic heterocycles. The molecule has 2 aromatic rings. The summed E-state index contributed by atoms with van der Waals surface area (Å²) in [5.74, 6) is 0.464. The highest BCUT2D eigenvalue weighted by atomic mass is 32.1. The minimum Gasteiger partial charge on any atom is -0.351 e. The van der Waals surface area contributed by atoms with Gasteiger partial charge in [0.25, 0.3) is 5.91 Å². The molecule has 0 atom stereocenters. The van der Waals surface area contributed by atoms with Gasteiger partial charge < -0.3 is 5.32 Å². The summed E-state index contributed by atoms with van der Waals surface area (Å²) in [4.78, 5) is 16.8. The van der Waals surface area contributed by atoms with E-state index < -0.39 is 0 Å². The highest BCUT2D eigenvalue weighted by Crippen LogP contribution is 2.13. The van der Waals surface area contributed by atoms with Crippen LogP contribution in [-0.2, 0) is 0 Å². The second kappa shape index (κ2) is 4.83. The molecule has 0 spiro atoms. The molecular weight excluding hydrogens is 236 g/mol. The third kappa shape index (κ3) is 2.82. The fourth-order valence-corrected chi connectivity index (χ4v) is 2.20. The summed E-state index contributed by atoms with van der Waals surface area (Å²) in [6.07, 6.45) is 2.65. The number of amides is 1. The lowest BCUT2D eigenvalue weighted by Gasteiger charge is -2.04. The van der Waals surface area contributed by atoms with E-state index in [-0.39, 0.29) is 5.91 Å². The predicted molar refractivity (Wildman–Crippen MR) is 67.4 cm³/mol. The molecule has 0 bridgehead atoms. The monoisotopic (exact) mass is 252 g/mol. The van der Waals surface area contributed by atoms with E-state index in [2.05, 4.69) is 29.2 Å². The first kappa shape index (κ1) is 12.0. The number of rotatable bonds is 4. The van der Waals surface area contributed by atoms with E-state index in [1.165, 1.54) is 11.3 Å². The first-order chi connectivity index (χ1) is 8.06. The van der Waals surface area contributed by atoms with Gasteiger partial charge >= 0.3 is 0 Å². The van der Waals surface area contributed by atoms with Crippen molar-refractivity contribution in [2.45, 2.75) is 27.2 Å². The van der Waals surface area contributed by atoms with Crippen LogP contribution in [0.15, 0.2) is 6.20 Å². The average Bonchev–Trinajstić information content (AvgIpc) is 2.73. The molecule has 0 aromatic carbocycles. The summed E-state index contributed by atoms with van der Waals surface area (Å²) in [5, 5.41) is 8.02. The first-order valence-corrected chi connectivity index (χ1v) is 6.49. The van der Waals surface area contributed by atoms with Gasteiger partial charge in [-0.2, -0.15) is 5.10 Å². The minimum absolute atomic E-state index is 0.124. The molecule has 0 unspecified atom stereocenters. The fourth-order valence-electron chi connectivity index (χ4n) is 1.47. The van der Waals surface area contributed by atoms with Crippen molar-refractivity contribution < 1.29 is 4.79 Å². The molecule has 0 aliphatic carbocycles. The van der Waals surface area contributed by atoms with Crippen molar-refractivity contribution >= 4 is 22.2 Å². The number of carbonyl (C=O) groups excluding carboxylic acids is 1. The maximum atomic E-state index is 11.8. The zero-order chi connectivity index (χ0) is 12.4. The first-order valence-electron chi connectivity index (χ1n) is 5.67. The molecule has 17 heavy (non-hydrogen) atoms. The van der Waals surface area contributed by atoms with Gasteiger partial charge in [0.2, 0.25) is 4.96 Å². The molecule has 1 amide bonds. The van der Waals surface area contributed by atoms with Crippen LogP contribution in [-0.4, -0.2) is 27.0 Å². The van der Waals surface area contributed by atoms with Crippen molar-refractivity contribution in [1.29, 1.82) is 0 Å². The van der Waals surface area contributed by atoms with Crippen LogP contribution >= 0.6 is 11.3 Å². The van der Waals surface area contributed by atoms with E-state index in [9.17, 15) is 4.79 Å². The van der Waals surface area contributed by atoms with Crippen LogP contribution in [0.5, 0.6) is 0 Å². The SMILES string of the molecule is Cc1nn2cc(C(=O)NCCC(C)C)nc2s1. The zero-order valence-corrected chi connectivity index (χ0v) is 11.0. The largest absolute Gasteiger partial charge is 0.351 e. The standard InChI is InChI=1S/C11H16N4OS/c1-7(2)4-5-12-10(16)9-6-15-11(13-9)17-8(3)14-15/h6-7H,4-5H2,1-3H3,(H,12,16). The topological polar surface area (TPSA) is 59.3 Å². The number of carbonyl (C=O) groups is 1. The fraction of sp³-hybridized carbons (Fsp3) is 0.545. The van der Waals surface area contributed by atoms with Gasteiger partial charge in [-0.1, -0.05) is 25.2 Å². The number of nitrogens with one attached hydrogen (secondary N) is 1. The summed E-state index contributed by atoms with van der Waals surface area (Å²) in [6.45, 7) is 6.87. The lowest BCUT2D eigenvalue weighted by atomic mass is 10.1. The molecule has 5 nitrogen and oxygen atoms in total. The third-order valence-electron chi connectivity index (χ3n) is 2.38. The zero-order valence-electron chi connectivity index (χ0n) is 10.2.